The van der Waals surface area contributed by atoms with Gasteiger partial charge in [0.15, 0.2) is 15.3 Å². The van der Waals surface area contributed by atoms with Gasteiger partial charge in [0.1, 0.15) is 13.2 Å². The monoisotopic (exact) mass is 1720 g/mol. The molecule has 9 N–H and O–H groups in total. The fraction of sp³-hybridized carbons (Fsp3) is 0.195. The second-order valence-corrected chi connectivity index (χ2v) is 31.5. The number of ketones is 1. The Kier molecular flexibility index (Phi) is 42.9. The SMILES string of the molecule is CC(=O)C(=O)OCCOC(=S)NC(=O)c1ccccc1.CCCCCCOC(=S)NC(=O)c1ccccc1.CO[Si](CO)(CCCNC(=S)NC(=O)c1ccccc1)OC.O=C(NC(=S)N1c2cccc3cccc(c23)S1(=O)=O)c1ccccc1.O=C(NC(=S)NCc1ccccc1)c1ccccc1.O=C(S)NC(=O)c1ccccc1. The molecule has 0 aromatic heterocycles. The minimum absolute atomic E-state index is 0.0487. The number of hydrogen-bond donors (Lipinski definition) is 10. The average molecular weight is 1720 g/mol. The third-order valence-electron chi connectivity index (χ3n) is 15.7. The number of aliphatic hydroxyl groups excluding tert-OH is 1. The molecule has 0 atom stereocenters. The summed E-state index contributed by atoms with van der Waals surface area (Å²) in [6.45, 7) is 4.81. The summed E-state index contributed by atoms with van der Waals surface area (Å²) in [4.78, 5) is 102. The predicted octanol–water partition coefficient (Wildman–Crippen LogP) is 12.1. The van der Waals surface area contributed by atoms with Gasteiger partial charge in [-0.05, 0) is 176 Å². The fourth-order valence-electron chi connectivity index (χ4n) is 9.78. The molecule has 9 aromatic rings. The Balaban J connectivity index is 0.000000251. The van der Waals surface area contributed by atoms with Crippen LogP contribution < -0.4 is 46.8 Å². The molecule has 0 fully saturated rings. The summed E-state index contributed by atoms with van der Waals surface area (Å²) in [5.41, 5.74) is 4.57. The van der Waals surface area contributed by atoms with Gasteiger partial charge in [-0.15, -0.1) is 0 Å². The highest BCUT2D eigenvalue weighted by atomic mass is 32.2. The van der Waals surface area contributed by atoms with Crippen molar-refractivity contribution in [2.75, 3.05) is 51.1 Å². The lowest BCUT2D eigenvalue weighted by molar-refractivity contribution is -0.153. The number of ether oxygens (including phenoxy) is 3. The van der Waals surface area contributed by atoms with E-state index in [1.807, 2.05) is 90.2 Å². The number of imide groups is 1. The molecule has 0 radical (unpaired) electrons. The Morgan fingerprint density at radius 2 is 0.819 bits per heavy atom. The molecule has 0 unspecified atom stereocenters. The third-order valence-corrected chi connectivity index (χ3v) is 22.0. The second-order valence-electron chi connectivity index (χ2n) is 24.0. The lowest BCUT2D eigenvalue weighted by atomic mass is 10.1. The number of hydrogen-bond acceptors (Lipinski definition) is 22. The van der Waals surface area contributed by atoms with Gasteiger partial charge in [0, 0.05) is 73.0 Å². The van der Waals surface area contributed by atoms with Gasteiger partial charge in [-0.2, -0.15) is 0 Å². The van der Waals surface area contributed by atoms with Crippen molar-refractivity contribution in [3.63, 3.8) is 0 Å². The van der Waals surface area contributed by atoms with Crippen molar-refractivity contribution in [2.24, 2.45) is 0 Å². The zero-order valence-corrected chi connectivity index (χ0v) is 70.3. The Morgan fingerprint density at radius 3 is 1.22 bits per heavy atom. The number of thiocarbonyl (C=S) groups is 5. The number of nitrogens with one attached hydrogen (secondary N) is 8. The van der Waals surface area contributed by atoms with Gasteiger partial charge >= 0.3 is 14.5 Å². The molecule has 1 heterocycles. The summed E-state index contributed by atoms with van der Waals surface area (Å²) in [6, 6.07) is 73.1. The Bertz CT molecular complexity index is 4870. The molecule has 608 valence electrons. The van der Waals surface area contributed by atoms with Crippen molar-refractivity contribution in [1.82, 2.24) is 42.5 Å². The first-order chi connectivity index (χ1) is 55.8. The number of anilines is 1. The molecule has 34 heteroatoms. The van der Waals surface area contributed by atoms with E-state index in [9.17, 15) is 56.7 Å². The zero-order valence-electron chi connectivity index (χ0n) is 63.5. The van der Waals surface area contributed by atoms with E-state index in [0.29, 0.717) is 75.3 Å². The van der Waals surface area contributed by atoms with Crippen LogP contribution in [0.15, 0.2) is 254 Å². The van der Waals surface area contributed by atoms with E-state index in [-0.39, 0.29) is 62.6 Å². The van der Waals surface area contributed by atoms with E-state index in [2.05, 4.69) is 61.5 Å². The van der Waals surface area contributed by atoms with Crippen LogP contribution >= 0.6 is 73.7 Å². The van der Waals surface area contributed by atoms with Crippen LogP contribution in [0.2, 0.25) is 6.04 Å². The molecule has 0 bridgehead atoms. The van der Waals surface area contributed by atoms with E-state index in [1.165, 1.54) is 12.8 Å². The van der Waals surface area contributed by atoms with E-state index in [0.717, 1.165) is 41.4 Å². The van der Waals surface area contributed by atoms with Crippen LogP contribution in [-0.2, 0) is 49.2 Å². The normalized spacial score (nSPS) is 10.9. The predicted molar refractivity (Wildman–Crippen MR) is 470 cm³/mol. The average Bonchev–Trinajstić information content (AvgIpc) is 1.57. The van der Waals surface area contributed by atoms with E-state index >= 15 is 0 Å². The number of rotatable bonds is 24. The van der Waals surface area contributed by atoms with Crippen molar-refractivity contribution in [3.05, 3.63) is 288 Å². The molecule has 1 aliphatic rings. The quantitative estimate of drug-likeness (QED) is 0.00671. The molecule has 26 nitrogen and oxygen atoms in total. The number of sulfonamides is 1. The molecule has 7 amide bonds. The first-order valence-electron chi connectivity index (χ1n) is 35.6. The molecule has 1 aliphatic heterocycles. The summed E-state index contributed by atoms with van der Waals surface area (Å²) in [7, 11) is -3.25. The minimum Gasteiger partial charge on any atom is -0.471 e. The smallest absolute Gasteiger partial charge is 0.374 e. The van der Waals surface area contributed by atoms with Crippen molar-refractivity contribution in [2.45, 2.75) is 63.4 Å². The number of unbranched alkanes of at least 4 members (excludes halogenated alkanes) is 3. The largest absolute Gasteiger partial charge is 0.471 e. The van der Waals surface area contributed by atoms with Crippen molar-refractivity contribution in [1.29, 1.82) is 0 Å². The van der Waals surface area contributed by atoms with Crippen LogP contribution in [0.25, 0.3) is 10.8 Å². The zero-order chi connectivity index (χ0) is 84.7. The third kappa shape index (κ3) is 34.0. The summed E-state index contributed by atoms with van der Waals surface area (Å²) < 4.78 is 52.3. The van der Waals surface area contributed by atoms with Gasteiger partial charge < -0.3 is 38.8 Å². The summed E-state index contributed by atoms with van der Waals surface area (Å²) >= 11 is 28.6. The lowest BCUT2D eigenvalue weighted by Crippen LogP contribution is -2.45. The molecule has 0 spiro atoms. The van der Waals surface area contributed by atoms with Gasteiger partial charge in [0.25, 0.3) is 61.1 Å². The topological polar surface area (TPSA) is 354 Å². The number of Topliss-reactive ketones (excluding diaryl/α,β-unsaturated/α-hetero) is 1. The van der Waals surface area contributed by atoms with E-state index in [4.69, 9.17) is 79.4 Å². The van der Waals surface area contributed by atoms with Gasteiger partial charge in [-0.3, -0.25) is 70.3 Å². The molecule has 116 heavy (non-hydrogen) atoms. The number of carbonyl (C=O) groups excluding carboxylic acids is 9. The standard InChI is InChI=1S/C18H12N2O3S2.C15H14N2OS.C14H22N2O4SSi.C14H19NO2S.C13H13NO5S.C8H7NO2S/c21-17(13-6-2-1-3-7-13)19-18(24)20-14-10-4-8-12-9-5-11-15(16(12)14)25(20,22)23;18-14(13-9-5-2-6-10-13)17-15(19)16-11-12-7-3-1-4-8-12;1-19-22(11-17,20-2)10-6-9-15-14(21)16-13(18)12-7-4-3-5-8-12;1-2-3-4-8-11-17-14(18)15-13(16)12-9-6-5-7-10-12;1-9(15)12(17)18-7-8-19-13(20)14-11(16)10-5-3-2-4-6-10;10-7(9-8(11)12)6-4-2-1-3-5-6/h1-11H,(H,19,21,24);1-10H,11H2,(H2,16,17,18,19);3-5,7-8,17H,6,9-11H2,1-2H3,(H2,15,16,18,21);5-7,9-10H,2-4,8,11H2,1H3,(H,15,16,18);2-6H,7-8H2,1H3,(H,14,16,20);1-5H,(H2,9,10,11,12). The van der Waals surface area contributed by atoms with Crippen LogP contribution in [0, 0.1) is 0 Å². The van der Waals surface area contributed by atoms with Crippen molar-refractivity contribution < 1.29 is 79.7 Å². The minimum atomic E-state index is -3.85. The molecule has 10 rings (SSSR count). The van der Waals surface area contributed by atoms with Gasteiger partial charge in [-0.1, -0.05) is 203 Å². The molecule has 0 saturated heterocycles. The van der Waals surface area contributed by atoms with Crippen molar-refractivity contribution >= 4 is 187 Å². The first kappa shape index (κ1) is 95.3. The second kappa shape index (κ2) is 52.3. The number of esters is 1. The molecular weight excluding hydrogens is 1640 g/mol. The molecule has 0 aliphatic carbocycles. The molecule has 0 saturated carbocycles. The number of aliphatic hydroxyl groups is 1. The summed E-state index contributed by atoms with van der Waals surface area (Å²) in [5.74, 6) is -3.58. The van der Waals surface area contributed by atoms with Gasteiger partial charge in [0.2, 0.25) is 5.78 Å². The summed E-state index contributed by atoms with van der Waals surface area (Å²) in [6.07, 6.45) is 5.12. The number of amides is 7. The highest BCUT2D eigenvalue weighted by molar-refractivity contribution is 7.96. The van der Waals surface area contributed by atoms with Crippen LogP contribution in [-0.4, -0.2) is 147 Å². The maximum absolute atomic E-state index is 12.9. The van der Waals surface area contributed by atoms with E-state index < -0.39 is 53.3 Å². The highest BCUT2D eigenvalue weighted by Crippen LogP contribution is 2.42. The van der Waals surface area contributed by atoms with Crippen LogP contribution in [0.1, 0.15) is 114 Å². The number of nitrogens with zero attached hydrogens (tertiary/aromatic N) is 1. The summed E-state index contributed by atoms with van der Waals surface area (Å²) in [5, 5.41) is 31.3. The van der Waals surface area contributed by atoms with Crippen LogP contribution in [0.5, 0.6) is 0 Å². The van der Waals surface area contributed by atoms with E-state index in [1.54, 1.807) is 178 Å². The van der Waals surface area contributed by atoms with Gasteiger partial charge in [0.05, 0.1) is 23.4 Å². The van der Waals surface area contributed by atoms with Gasteiger partial charge in [-0.25, -0.2) is 17.5 Å². The first-order valence-corrected chi connectivity index (χ1v) is 41.8. The number of thiol groups is 1. The maximum Gasteiger partial charge on any atom is 0.374 e. The Morgan fingerprint density at radius 1 is 0.440 bits per heavy atom. The van der Waals surface area contributed by atoms with Crippen LogP contribution in [0.4, 0.5) is 10.5 Å². The molecular formula is C82H87N9O17S7Si. The Hall–Kier alpha value is -11.3. The number of carbonyl (C=O) groups is 9. The Labute approximate surface area is 706 Å². The number of benzene rings is 9. The lowest BCUT2D eigenvalue weighted by Gasteiger charge is -2.25. The molecule has 9 aromatic carbocycles. The van der Waals surface area contributed by atoms with Crippen molar-refractivity contribution in [3.8, 4) is 0 Å². The van der Waals surface area contributed by atoms with Crippen LogP contribution in [0.3, 0.4) is 0 Å². The highest BCUT2D eigenvalue weighted by Gasteiger charge is 2.39. The fourth-order valence-corrected chi connectivity index (χ4v) is 14.4. The maximum atomic E-state index is 12.9.